The molecule has 0 aromatic heterocycles. The molecule has 3 aliphatic carbocycles. The number of fused-ring (bicyclic) bond motifs is 5. The van der Waals surface area contributed by atoms with Crippen molar-refractivity contribution in [1.29, 1.82) is 0 Å². The summed E-state index contributed by atoms with van der Waals surface area (Å²) in [7, 11) is 0. The van der Waals surface area contributed by atoms with Crippen LogP contribution in [0.15, 0.2) is 17.3 Å². The molecule has 0 radical (unpaired) electrons. The Morgan fingerprint density at radius 1 is 1.23 bits per heavy atom. The van der Waals surface area contributed by atoms with Crippen LogP contribution in [0.5, 0.6) is 0 Å². The van der Waals surface area contributed by atoms with Crippen molar-refractivity contribution in [1.82, 2.24) is 5.32 Å². The minimum atomic E-state index is 0.0920. The first-order valence-corrected chi connectivity index (χ1v) is 8.71. The van der Waals surface area contributed by atoms with E-state index >= 15 is 0 Å². The molecule has 22 heavy (non-hydrogen) atoms. The Labute approximate surface area is 132 Å². The molecule has 1 heterocycles. The van der Waals surface area contributed by atoms with Gasteiger partial charge >= 0.3 is 0 Å². The van der Waals surface area contributed by atoms with Crippen LogP contribution in [0, 0.1) is 28.6 Å². The summed E-state index contributed by atoms with van der Waals surface area (Å²) in [5.41, 5.74) is 2.57. The average Bonchev–Trinajstić information content (AvgIpc) is 2.85. The Bertz CT molecular complexity index is 615. The standard InChI is InChI=1S/C19H25NO2/c1-18-6-3-12(11-21)17(18)14-10-20-16-9-13(22)4-8-19(16,2)15(14)5-7-18/h9,14-15,17,20H,3-8,10H2,1-2H3/t14-,15+,17+,18+,19-/m1/s1. The topological polar surface area (TPSA) is 46.2 Å². The van der Waals surface area contributed by atoms with Crippen molar-refractivity contribution in [2.75, 3.05) is 6.54 Å². The van der Waals surface area contributed by atoms with E-state index in [1.54, 1.807) is 0 Å². The lowest BCUT2D eigenvalue weighted by Gasteiger charge is -2.57. The first kappa shape index (κ1) is 14.3. The molecule has 0 aromatic carbocycles. The summed E-state index contributed by atoms with van der Waals surface area (Å²) in [5, 5.41) is 3.56. The third-order valence-corrected chi connectivity index (χ3v) is 7.35. The zero-order chi connectivity index (χ0) is 15.5. The number of carbonyl (C=O) groups is 1. The summed E-state index contributed by atoms with van der Waals surface area (Å²) in [4.78, 5) is 23.2. The highest BCUT2D eigenvalue weighted by molar-refractivity contribution is 5.91. The Balaban J connectivity index is 1.75. The summed E-state index contributed by atoms with van der Waals surface area (Å²) in [6.07, 6.45) is 7.99. The van der Waals surface area contributed by atoms with Crippen LogP contribution in [-0.4, -0.2) is 18.3 Å². The number of carbonyl (C=O) groups excluding carboxylic acids is 2. The summed E-state index contributed by atoms with van der Waals surface area (Å²) in [6, 6.07) is 0. The van der Waals surface area contributed by atoms with E-state index in [0.29, 0.717) is 24.2 Å². The number of nitrogens with one attached hydrogen (secondary N) is 1. The molecule has 3 fully saturated rings. The minimum Gasteiger partial charge on any atom is -0.387 e. The molecule has 3 heteroatoms. The van der Waals surface area contributed by atoms with Crippen LogP contribution >= 0.6 is 0 Å². The molecule has 0 aromatic rings. The minimum absolute atomic E-state index is 0.0920. The smallest absolute Gasteiger partial charge is 0.157 e. The van der Waals surface area contributed by atoms with E-state index in [1.807, 2.05) is 6.08 Å². The van der Waals surface area contributed by atoms with Gasteiger partial charge in [-0.1, -0.05) is 13.8 Å². The first-order chi connectivity index (χ1) is 10.5. The Morgan fingerprint density at radius 3 is 2.82 bits per heavy atom. The van der Waals surface area contributed by atoms with E-state index in [1.165, 1.54) is 12.8 Å². The number of piperidine rings is 1. The van der Waals surface area contributed by atoms with Gasteiger partial charge in [0.1, 0.15) is 5.94 Å². The van der Waals surface area contributed by atoms with Crippen molar-refractivity contribution in [2.24, 2.45) is 28.6 Å². The normalized spacial score (nSPS) is 46.8. The van der Waals surface area contributed by atoms with Gasteiger partial charge < -0.3 is 5.32 Å². The SMILES string of the molecule is C[C@@]12CCC(=C=O)[C@H]1[C@@H]1CNC3=CC(=O)CC[C@]3(C)[C@H]1CC2. The maximum absolute atomic E-state index is 11.8. The number of ketones is 1. The third-order valence-electron chi connectivity index (χ3n) is 7.35. The summed E-state index contributed by atoms with van der Waals surface area (Å²) >= 11 is 0. The quantitative estimate of drug-likeness (QED) is 0.699. The van der Waals surface area contributed by atoms with Crippen molar-refractivity contribution in [3.63, 3.8) is 0 Å². The van der Waals surface area contributed by atoms with Gasteiger partial charge in [-0.3, -0.25) is 4.79 Å². The molecule has 0 spiro atoms. The Hall–Kier alpha value is -1.34. The lowest BCUT2D eigenvalue weighted by molar-refractivity contribution is -0.117. The van der Waals surface area contributed by atoms with Gasteiger partial charge in [-0.25, -0.2) is 4.79 Å². The van der Waals surface area contributed by atoms with E-state index in [4.69, 9.17) is 0 Å². The molecule has 1 N–H and O–H groups in total. The predicted molar refractivity (Wildman–Crippen MR) is 84.7 cm³/mol. The van der Waals surface area contributed by atoms with E-state index in [-0.39, 0.29) is 16.6 Å². The number of hydrogen-bond acceptors (Lipinski definition) is 3. The largest absolute Gasteiger partial charge is 0.387 e. The second kappa shape index (κ2) is 4.58. The zero-order valence-corrected chi connectivity index (χ0v) is 13.6. The highest BCUT2D eigenvalue weighted by Crippen LogP contribution is 2.63. The lowest BCUT2D eigenvalue weighted by atomic mass is 9.50. The van der Waals surface area contributed by atoms with Gasteiger partial charge in [-0.05, 0) is 49.4 Å². The molecular weight excluding hydrogens is 274 g/mol. The van der Waals surface area contributed by atoms with Crippen molar-refractivity contribution in [3.8, 4) is 0 Å². The lowest BCUT2D eigenvalue weighted by Crippen LogP contribution is -2.56. The van der Waals surface area contributed by atoms with E-state index in [9.17, 15) is 9.59 Å². The zero-order valence-electron chi connectivity index (χ0n) is 13.6. The van der Waals surface area contributed by atoms with Gasteiger partial charge in [-0.15, -0.1) is 0 Å². The molecule has 1 saturated heterocycles. The number of allylic oxidation sites excluding steroid dienone is 3. The fraction of sp³-hybridized carbons (Fsp3) is 0.737. The molecule has 118 valence electrons. The number of hydrogen-bond donors (Lipinski definition) is 1. The van der Waals surface area contributed by atoms with Crippen LogP contribution in [0.25, 0.3) is 0 Å². The highest BCUT2D eigenvalue weighted by atomic mass is 16.1. The van der Waals surface area contributed by atoms with Crippen molar-refractivity contribution in [3.05, 3.63) is 17.3 Å². The van der Waals surface area contributed by atoms with Crippen LogP contribution in [0.4, 0.5) is 0 Å². The average molecular weight is 299 g/mol. The van der Waals surface area contributed by atoms with E-state index < -0.39 is 0 Å². The molecule has 1 aliphatic heterocycles. The van der Waals surface area contributed by atoms with Crippen molar-refractivity contribution < 1.29 is 9.59 Å². The second-order valence-electron chi connectivity index (χ2n) is 8.39. The fourth-order valence-electron chi connectivity index (χ4n) is 6.09. The van der Waals surface area contributed by atoms with E-state index in [2.05, 4.69) is 25.1 Å². The predicted octanol–water partition coefficient (Wildman–Crippen LogP) is 3.04. The second-order valence-corrected chi connectivity index (χ2v) is 8.39. The molecule has 4 aliphatic rings. The van der Waals surface area contributed by atoms with Crippen LogP contribution in [0.1, 0.15) is 52.4 Å². The van der Waals surface area contributed by atoms with E-state index in [0.717, 1.165) is 37.1 Å². The Morgan fingerprint density at radius 2 is 2.05 bits per heavy atom. The molecule has 2 saturated carbocycles. The molecule has 4 rings (SSSR count). The van der Waals surface area contributed by atoms with Crippen molar-refractivity contribution in [2.45, 2.75) is 52.4 Å². The van der Waals surface area contributed by atoms with Crippen LogP contribution < -0.4 is 5.32 Å². The maximum atomic E-state index is 11.8. The molecular formula is C19H25NO2. The van der Waals surface area contributed by atoms with Gasteiger partial charge in [0.2, 0.25) is 0 Å². The number of rotatable bonds is 0. The van der Waals surface area contributed by atoms with Crippen molar-refractivity contribution >= 4 is 11.7 Å². The van der Waals surface area contributed by atoms with Gasteiger partial charge in [0.25, 0.3) is 0 Å². The summed E-state index contributed by atoms with van der Waals surface area (Å²) in [6.45, 7) is 5.61. The molecule has 0 bridgehead atoms. The van der Waals surface area contributed by atoms with Gasteiger partial charge in [0.05, 0.1) is 0 Å². The maximum Gasteiger partial charge on any atom is 0.157 e. The Kier molecular flexibility index (Phi) is 2.97. The molecule has 0 amide bonds. The van der Waals surface area contributed by atoms with Crippen LogP contribution in [-0.2, 0) is 9.59 Å². The highest BCUT2D eigenvalue weighted by Gasteiger charge is 2.58. The van der Waals surface area contributed by atoms with Crippen LogP contribution in [0.3, 0.4) is 0 Å². The summed E-state index contributed by atoms with van der Waals surface area (Å²) < 4.78 is 0. The van der Waals surface area contributed by atoms with Gasteiger partial charge in [-0.2, -0.15) is 0 Å². The first-order valence-electron chi connectivity index (χ1n) is 8.71. The van der Waals surface area contributed by atoms with Gasteiger partial charge in [0.15, 0.2) is 5.78 Å². The van der Waals surface area contributed by atoms with Crippen LogP contribution in [0.2, 0.25) is 0 Å². The van der Waals surface area contributed by atoms with Gasteiger partial charge in [0, 0.05) is 41.6 Å². The molecule has 0 unspecified atom stereocenters. The molecule has 5 atom stereocenters. The summed E-state index contributed by atoms with van der Waals surface area (Å²) in [5.74, 6) is 4.05. The molecule has 3 nitrogen and oxygen atoms in total. The third kappa shape index (κ3) is 1.75. The monoisotopic (exact) mass is 299 g/mol. The fourth-order valence-corrected chi connectivity index (χ4v) is 6.09.